The molecule has 6 heteroatoms. The summed E-state index contributed by atoms with van der Waals surface area (Å²) in [5.74, 6) is 1.27. The molecule has 1 aromatic carbocycles. The van der Waals surface area contributed by atoms with E-state index < -0.39 is 0 Å². The summed E-state index contributed by atoms with van der Waals surface area (Å²) in [6.07, 6.45) is 7.29. The molecule has 0 amide bonds. The average molecular weight is 303 g/mol. The number of rotatable bonds is 2. The van der Waals surface area contributed by atoms with Gasteiger partial charge in [-0.05, 0) is 25.0 Å². The van der Waals surface area contributed by atoms with E-state index in [1.54, 1.807) is 12.5 Å². The number of benzene rings is 1. The van der Waals surface area contributed by atoms with Crippen LogP contribution in [0.5, 0.6) is 0 Å². The van der Waals surface area contributed by atoms with Gasteiger partial charge < -0.3 is 9.32 Å². The Morgan fingerprint density at radius 3 is 2.90 bits per heavy atom. The SMILES string of the molecule is Clc1cc(N2CCC(c3ncco3)CC2)c2cn[nH]c2c1. The van der Waals surface area contributed by atoms with Crippen molar-refractivity contribution in [3.63, 3.8) is 0 Å². The molecule has 2 aromatic heterocycles. The molecule has 3 aromatic rings. The molecule has 0 atom stereocenters. The van der Waals surface area contributed by atoms with Crippen LogP contribution in [-0.2, 0) is 0 Å². The third-order valence-electron chi connectivity index (χ3n) is 4.14. The van der Waals surface area contributed by atoms with Gasteiger partial charge in [-0.15, -0.1) is 0 Å². The van der Waals surface area contributed by atoms with E-state index >= 15 is 0 Å². The molecule has 108 valence electrons. The van der Waals surface area contributed by atoms with Crippen molar-refractivity contribution in [3.05, 3.63) is 41.7 Å². The Labute approximate surface area is 126 Å². The van der Waals surface area contributed by atoms with Gasteiger partial charge in [0.15, 0.2) is 5.89 Å². The second-order valence-corrected chi connectivity index (χ2v) is 5.82. The maximum atomic E-state index is 6.21. The van der Waals surface area contributed by atoms with Crippen LogP contribution in [0.3, 0.4) is 0 Å². The number of piperidine rings is 1. The zero-order valence-corrected chi connectivity index (χ0v) is 12.2. The molecule has 0 radical (unpaired) electrons. The van der Waals surface area contributed by atoms with E-state index in [0.29, 0.717) is 5.92 Å². The Morgan fingerprint density at radius 1 is 1.29 bits per heavy atom. The second kappa shape index (κ2) is 5.07. The predicted octanol–water partition coefficient (Wildman–Crippen LogP) is 3.59. The largest absolute Gasteiger partial charge is 0.449 e. The molecule has 1 fully saturated rings. The van der Waals surface area contributed by atoms with Gasteiger partial charge in [0.25, 0.3) is 0 Å². The highest BCUT2D eigenvalue weighted by Gasteiger charge is 2.24. The number of H-pyrrole nitrogens is 1. The molecule has 0 unspecified atom stereocenters. The molecule has 21 heavy (non-hydrogen) atoms. The highest BCUT2D eigenvalue weighted by Crippen LogP contribution is 2.34. The maximum absolute atomic E-state index is 6.21. The van der Waals surface area contributed by atoms with Gasteiger partial charge in [-0.1, -0.05) is 11.6 Å². The fraction of sp³-hybridized carbons (Fsp3) is 0.333. The molecule has 1 aliphatic heterocycles. The average Bonchev–Trinajstić information content (AvgIpc) is 3.17. The van der Waals surface area contributed by atoms with Gasteiger partial charge in [0.05, 0.1) is 17.9 Å². The molecule has 4 rings (SSSR count). The molecule has 1 aliphatic rings. The lowest BCUT2D eigenvalue weighted by molar-refractivity contribution is 0.393. The van der Waals surface area contributed by atoms with Gasteiger partial charge in [0, 0.05) is 35.1 Å². The number of oxazole rings is 1. The van der Waals surface area contributed by atoms with Crippen molar-refractivity contribution in [3.8, 4) is 0 Å². The first-order valence-corrected chi connectivity index (χ1v) is 7.46. The number of halogens is 1. The number of anilines is 1. The minimum atomic E-state index is 0.412. The molecule has 3 heterocycles. The summed E-state index contributed by atoms with van der Waals surface area (Å²) >= 11 is 6.21. The van der Waals surface area contributed by atoms with Crippen LogP contribution in [0.1, 0.15) is 24.7 Å². The Hall–Kier alpha value is -2.01. The number of hydrogen-bond donors (Lipinski definition) is 1. The number of nitrogens with one attached hydrogen (secondary N) is 1. The number of aromatic amines is 1. The molecular weight excluding hydrogens is 288 g/mol. The summed E-state index contributed by atoms with van der Waals surface area (Å²) in [7, 11) is 0. The normalized spacial score (nSPS) is 16.7. The van der Waals surface area contributed by atoms with Crippen molar-refractivity contribution in [2.75, 3.05) is 18.0 Å². The van der Waals surface area contributed by atoms with Crippen LogP contribution in [0.2, 0.25) is 5.02 Å². The molecule has 0 bridgehead atoms. The monoisotopic (exact) mass is 302 g/mol. The number of hydrogen-bond acceptors (Lipinski definition) is 4. The van der Waals surface area contributed by atoms with Crippen molar-refractivity contribution in [2.45, 2.75) is 18.8 Å². The van der Waals surface area contributed by atoms with E-state index in [0.717, 1.165) is 53.4 Å². The quantitative estimate of drug-likeness (QED) is 0.786. The van der Waals surface area contributed by atoms with Gasteiger partial charge in [0.1, 0.15) is 6.26 Å². The third-order valence-corrected chi connectivity index (χ3v) is 4.36. The summed E-state index contributed by atoms with van der Waals surface area (Å²) in [5.41, 5.74) is 2.13. The lowest BCUT2D eigenvalue weighted by atomic mass is 9.96. The van der Waals surface area contributed by atoms with Crippen LogP contribution in [0, 0.1) is 0 Å². The minimum absolute atomic E-state index is 0.412. The van der Waals surface area contributed by atoms with Crippen molar-refractivity contribution in [1.29, 1.82) is 0 Å². The Morgan fingerprint density at radius 2 is 2.14 bits per heavy atom. The van der Waals surface area contributed by atoms with Crippen LogP contribution < -0.4 is 4.90 Å². The summed E-state index contributed by atoms with van der Waals surface area (Å²) < 4.78 is 5.43. The van der Waals surface area contributed by atoms with E-state index in [1.165, 1.54) is 0 Å². The molecule has 5 nitrogen and oxygen atoms in total. The molecule has 0 aliphatic carbocycles. The van der Waals surface area contributed by atoms with Gasteiger partial charge in [-0.2, -0.15) is 5.10 Å². The predicted molar refractivity (Wildman–Crippen MR) is 81.8 cm³/mol. The lowest BCUT2D eigenvalue weighted by Gasteiger charge is -2.32. The van der Waals surface area contributed by atoms with Gasteiger partial charge in [0.2, 0.25) is 0 Å². The topological polar surface area (TPSA) is 58.0 Å². The van der Waals surface area contributed by atoms with E-state index in [2.05, 4.69) is 20.1 Å². The van der Waals surface area contributed by atoms with Crippen LogP contribution in [0.25, 0.3) is 10.9 Å². The standard InChI is InChI=1S/C15H15ClN4O/c16-11-7-13-12(9-18-19-13)14(8-11)20-4-1-10(2-5-20)15-17-3-6-21-15/h3,6-10H,1-2,4-5H2,(H,18,19). The molecule has 0 spiro atoms. The number of fused-ring (bicyclic) bond motifs is 1. The lowest BCUT2D eigenvalue weighted by Crippen LogP contribution is -2.33. The summed E-state index contributed by atoms with van der Waals surface area (Å²) in [5, 5.41) is 8.96. The van der Waals surface area contributed by atoms with Crippen molar-refractivity contribution >= 4 is 28.2 Å². The van der Waals surface area contributed by atoms with E-state index in [4.69, 9.17) is 16.0 Å². The highest BCUT2D eigenvalue weighted by atomic mass is 35.5. The van der Waals surface area contributed by atoms with Crippen LogP contribution >= 0.6 is 11.6 Å². The number of aromatic nitrogens is 3. The second-order valence-electron chi connectivity index (χ2n) is 5.39. The summed E-state index contributed by atoms with van der Waals surface area (Å²) in [4.78, 5) is 6.64. The first-order valence-electron chi connectivity index (χ1n) is 7.08. The van der Waals surface area contributed by atoms with E-state index in [-0.39, 0.29) is 0 Å². The third kappa shape index (κ3) is 2.27. The van der Waals surface area contributed by atoms with E-state index in [1.807, 2.05) is 18.3 Å². The minimum Gasteiger partial charge on any atom is -0.449 e. The Balaban J connectivity index is 1.59. The highest BCUT2D eigenvalue weighted by molar-refractivity contribution is 6.31. The van der Waals surface area contributed by atoms with Gasteiger partial charge in [-0.25, -0.2) is 4.98 Å². The molecule has 1 N–H and O–H groups in total. The summed E-state index contributed by atoms with van der Waals surface area (Å²) in [6, 6.07) is 3.93. The first kappa shape index (κ1) is 12.7. The van der Waals surface area contributed by atoms with Crippen LogP contribution in [0.4, 0.5) is 5.69 Å². The molecule has 0 saturated carbocycles. The molecule has 1 saturated heterocycles. The number of nitrogens with zero attached hydrogens (tertiary/aromatic N) is 3. The van der Waals surface area contributed by atoms with Gasteiger partial charge in [-0.3, -0.25) is 5.10 Å². The fourth-order valence-corrected chi connectivity index (χ4v) is 3.28. The van der Waals surface area contributed by atoms with Crippen molar-refractivity contribution in [2.24, 2.45) is 0 Å². The zero-order valence-electron chi connectivity index (χ0n) is 11.4. The Bertz CT molecular complexity index is 744. The van der Waals surface area contributed by atoms with Crippen molar-refractivity contribution < 1.29 is 4.42 Å². The van der Waals surface area contributed by atoms with Gasteiger partial charge >= 0.3 is 0 Å². The van der Waals surface area contributed by atoms with Crippen LogP contribution in [-0.4, -0.2) is 28.3 Å². The zero-order chi connectivity index (χ0) is 14.2. The molecular formula is C15H15ClN4O. The Kier molecular flexibility index (Phi) is 3.07. The smallest absolute Gasteiger partial charge is 0.197 e. The van der Waals surface area contributed by atoms with Crippen molar-refractivity contribution in [1.82, 2.24) is 15.2 Å². The summed E-state index contributed by atoms with van der Waals surface area (Å²) in [6.45, 7) is 1.93. The fourth-order valence-electron chi connectivity index (χ4n) is 3.06. The van der Waals surface area contributed by atoms with E-state index in [9.17, 15) is 0 Å². The van der Waals surface area contributed by atoms with Crippen LogP contribution in [0.15, 0.2) is 35.2 Å². The first-order chi connectivity index (χ1) is 10.3. The maximum Gasteiger partial charge on any atom is 0.197 e.